The van der Waals surface area contributed by atoms with Gasteiger partial charge in [0.1, 0.15) is 6.04 Å². The van der Waals surface area contributed by atoms with Crippen molar-refractivity contribution in [2.24, 2.45) is 0 Å². The molecule has 4 aromatic rings. The monoisotopic (exact) mass is 483 g/mol. The minimum absolute atomic E-state index is 0.246. The third kappa shape index (κ3) is 6.27. The second-order valence-electron chi connectivity index (χ2n) is 8.62. The number of hydrogen-bond acceptors (Lipinski definition) is 4. The van der Waals surface area contributed by atoms with E-state index >= 15 is 0 Å². The van der Waals surface area contributed by atoms with Crippen LogP contribution in [0.15, 0.2) is 103 Å². The Balaban J connectivity index is 1.52. The van der Waals surface area contributed by atoms with E-state index in [1.807, 2.05) is 78.9 Å². The molecule has 1 heterocycles. The summed E-state index contributed by atoms with van der Waals surface area (Å²) in [6.45, 7) is -0.246. The van der Waals surface area contributed by atoms with Crippen molar-refractivity contribution in [2.75, 3.05) is 6.61 Å². The van der Waals surface area contributed by atoms with Gasteiger partial charge in [-0.25, -0.2) is 5.48 Å². The summed E-state index contributed by atoms with van der Waals surface area (Å²) >= 11 is 0. The summed E-state index contributed by atoms with van der Waals surface area (Å²) < 4.78 is 1.65. The lowest BCUT2D eigenvalue weighted by Crippen LogP contribution is -2.43. The Labute approximate surface area is 210 Å². The number of aliphatic hydroxyl groups excluding tert-OH is 1. The summed E-state index contributed by atoms with van der Waals surface area (Å²) in [4.78, 5) is 25.2. The van der Waals surface area contributed by atoms with Crippen LogP contribution in [0.4, 0.5) is 0 Å². The molecular formula is C29H29N3O4. The predicted octanol–water partition coefficient (Wildman–Crippen LogP) is 3.98. The largest absolute Gasteiger partial charge is 0.394 e. The van der Waals surface area contributed by atoms with Crippen molar-refractivity contribution in [3.05, 3.63) is 109 Å². The highest BCUT2D eigenvalue weighted by atomic mass is 16.5. The van der Waals surface area contributed by atoms with Crippen LogP contribution in [-0.4, -0.2) is 39.3 Å². The predicted molar refractivity (Wildman–Crippen MR) is 138 cm³/mol. The molecule has 0 fully saturated rings. The van der Waals surface area contributed by atoms with Crippen LogP contribution in [0.25, 0.3) is 22.3 Å². The first-order chi connectivity index (χ1) is 17.6. The lowest BCUT2D eigenvalue weighted by atomic mass is 10.0. The molecule has 0 spiro atoms. The number of hydroxylamine groups is 1. The molecule has 36 heavy (non-hydrogen) atoms. The van der Waals surface area contributed by atoms with E-state index in [1.54, 1.807) is 22.4 Å². The molecule has 4 rings (SSSR count). The highest BCUT2D eigenvalue weighted by Gasteiger charge is 2.26. The van der Waals surface area contributed by atoms with Crippen molar-refractivity contribution in [3.63, 3.8) is 0 Å². The maximum Gasteiger partial charge on any atom is 0.245 e. The fraction of sp³-hybridized carbons (Fsp3) is 0.172. The van der Waals surface area contributed by atoms with Crippen LogP contribution in [0.1, 0.15) is 18.0 Å². The number of hydrogen-bond donors (Lipinski definition) is 4. The molecule has 2 amide bonds. The van der Waals surface area contributed by atoms with Crippen molar-refractivity contribution >= 4 is 11.8 Å². The molecule has 2 unspecified atom stereocenters. The van der Waals surface area contributed by atoms with E-state index in [-0.39, 0.29) is 13.0 Å². The first-order valence-corrected chi connectivity index (χ1v) is 11.8. The van der Waals surface area contributed by atoms with Crippen LogP contribution >= 0.6 is 0 Å². The second kappa shape index (κ2) is 12.0. The van der Waals surface area contributed by atoms with E-state index in [0.29, 0.717) is 6.42 Å². The molecular weight excluding hydrogens is 454 g/mol. The van der Waals surface area contributed by atoms with Gasteiger partial charge in [-0.3, -0.25) is 14.8 Å². The summed E-state index contributed by atoms with van der Waals surface area (Å²) in [6, 6.07) is 28.2. The minimum atomic E-state index is -0.903. The summed E-state index contributed by atoms with van der Waals surface area (Å²) in [5.41, 5.74) is 6.67. The lowest BCUT2D eigenvalue weighted by molar-refractivity contribution is -0.134. The number of amides is 2. The zero-order chi connectivity index (χ0) is 25.3. The van der Waals surface area contributed by atoms with E-state index in [1.165, 1.54) is 0 Å². The number of carbonyl (C=O) groups excluding carboxylic acids is 2. The lowest BCUT2D eigenvalue weighted by Gasteiger charge is -2.22. The number of aromatic nitrogens is 1. The van der Waals surface area contributed by atoms with Crippen molar-refractivity contribution in [1.82, 2.24) is 15.4 Å². The Morgan fingerprint density at radius 1 is 0.778 bits per heavy atom. The molecule has 0 aliphatic rings. The van der Waals surface area contributed by atoms with Crippen LogP contribution in [-0.2, 0) is 16.0 Å². The number of nitrogens with one attached hydrogen (secondary N) is 2. The van der Waals surface area contributed by atoms with Crippen LogP contribution < -0.4 is 10.8 Å². The summed E-state index contributed by atoms with van der Waals surface area (Å²) in [5.74, 6) is -1.10. The topological polar surface area (TPSA) is 104 Å². The molecule has 0 radical (unpaired) electrons. The molecule has 2 atom stereocenters. The van der Waals surface area contributed by atoms with E-state index in [0.717, 1.165) is 27.8 Å². The fourth-order valence-corrected chi connectivity index (χ4v) is 4.18. The number of aliphatic hydroxyl groups is 1. The average molecular weight is 484 g/mol. The molecule has 0 bridgehead atoms. The molecule has 7 nitrogen and oxygen atoms in total. The standard InChI is InChI=1S/C29H29N3O4/c33-20-26(17-21-7-3-1-4-8-21)30-29(35)27(18-28(34)31-36)32-16-15-25(19-32)24-13-11-23(12-14-24)22-9-5-2-6-10-22/h1-16,19,26-27,33,36H,17-18,20H2,(H,30,35)(H,31,34). The highest BCUT2D eigenvalue weighted by Crippen LogP contribution is 2.26. The summed E-state index contributed by atoms with van der Waals surface area (Å²) in [6.07, 6.45) is 3.73. The third-order valence-electron chi connectivity index (χ3n) is 6.10. The number of rotatable bonds is 10. The second-order valence-corrected chi connectivity index (χ2v) is 8.62. The van der Waals surface area contributed by atoms with E-state index in [9.17, 15) is 14.7 Å². The zero-order valence-corrected chi connectivity index (χ0v) is 19.7. The molecule has 0 saturated carbocycles. The SMILES string of the molecule is O=C(CC(C(=O)NC(CO)Cc1ccccc1)n1ccc(-c2ccc(-c3ccccc3)cc2)c1)NO. The number of benzene rings is 3. The van der Waals surface area contributed by atoms with Crippen LogP contribution in [0, 0.1) is 0 Å². The van der Waals surface area contributed by atoms with Gasteiger partial charge >= 0.3 is 0 Å². The van der Waals surface area contributed by atoms with Gasteiger partial charge in [0, 0.05) is 12.4 Å². The van der Waals surface area contributed by atoms with Crippen molar-refractivity contribution in [3.8, 4) is 22.3 Å². The number of nitrogens with zero attached hydrogens (tertiary/aromatic N) is 1. The van der Waals surface area contributed by atoms with Gasteiger partial charge in [-0.2, -0.15) is 0 Å². The van der Waals surface area contributed by atoms with Gasteiger partial charge in [-0.15, -0.1) is 0 Å². The van der Waals surface area contributed by atoms with Gasteiger partial charge < -0.3 is 15.0 Å². The maximum atomic E-state index is 13.2. The average Bonchev–Trinajstić information content (AvgIpc) is 3.42. The Kier molecular flexibility index (Phi) is 8.28. The Morgan fingerprint density at radius 2 is 1.36 bits per heavy atom. The van der Waals surface area contributed by atoms with Gasteiger partial charge in [0.15, 0.2) is 0 Å². The van der Waals surface area contributed by atoms with Crippen molar-refractivity contribution in [2.45, 2.75) is 24.9 Å². The maximum absolute atomic E-state index is 13.2. The van der Waals surface area contributed by atoms with Gasteiger partial charge in [0.05, 0.1) is 19.1 Å². The Morgan fingerprint density at radius 3 is 1.97 bits per heavy atom. The highest BCUT2D eigenvalue weighted by molar-refractivity contribution is 5.87. The summed E-state index contributed by atoms with van der Waals surface area (Å²) in [7, 11) is 0. The third-order valence-corrected chi connectivity index (χ3v) is 6.10. The molecule has 0 aliphatic heterocycles. The molecule has 4 N–H and O–H groups in total. The molecule has 184 valence electrons. The zero-order valence-electron chi connectivity index (χ0n) is 19.7. The Hall–Kier alpha value is -4.20. The van der Waals surface area contributed by atoms with Crippen molar-refractivity contribution in [1.29, 1.82) is 0 Å². The van der Waals surface area contributed by atoms with E-state index in [4.69, 9.17) is 5.21 Å². The van der Waals surface area contributed by atoms with E-state index < -0.39 is 23.9 Å². The van der Waals surface area contributed by atoms with Gasteiger partial charge in [0.25, 0.3) is 0 Å². The quantitative estimate of drug-likeness (QED) is 0.202. The normalized spacial score (nSPS) is 12.5. The fourth-order valence-electron chi connectivity index (χ4n) is 4.18. The number of carbonyl (C=O) groups is 2. The van der Waals surface area contributed by atoms with Crippen LogP contribution in [0.3, 0.4) is 0 Å². The summed E-state index contributed by atoms with van der Waals surface area (Å²) in [5, 5.41) is 21.7. The molecule has 3 aromatic carbocycles. The molecule has 1 aromatic heterocycles. The van der Waals surface area contributed by atoms with Gasteiger partial charge in [0.2, 0.25) is 11.8 Å². The van der Waals surface area contributed by atoms with Crippen LogP contribution in [0.2, 0.25) is 0 Å². The molecule has 7 heteroatoms. The molecule has 0 saturated heterocycles. The van der Waals surface area contributed by atoms with Crippen LogP contribution in [0.5, 0.6) is 0 Å². The van der Waals surface area contributed by atoms with E-state index in [2.05, 4.69) is 17.4 Å². The van der Waals surface area contributed by atoms with Crippen molar-refractivity contribution < 1.29 is 19.9 Å². The first-order valence-electron chi connectivity index (χ1n) is 11.8. The van der Waals surface area contributed by atoms with Gasteiger partial charge in [-0.1, -0.05) is 84.9 Å². The smallest absolute Gasteiger partial charge is 0.245 e. The minimum Gasteiger partial charge on any atom is -0.394 e. The molecule has 0 aliphatic carbocycles. The first kappa shape index (κ1) is 24.9. The Bertz CT molecular complexity index is 1270. The van der Waals surface area contributed by atoms with Gasteiger partial charge in [-0.05, 0) is 40.3 Å².